The van der Waals surface area contributed by atoms with E-state index in [0.717, 1.165) is 24.1 Å². The number of nitrogens with two attached hydrogens (primary N) is 1. The van der Waals surface area contributed by atoms with E-state index in [-0.39, 0.29) is 6.04 Å². The third-order valence-corrected chi connectivity index (χ3v) is 5.51. The van der Waals surface area contributed by atoms with Gasteiger partial charge >= 0.3 is 0 Å². The van der Waals surface area contributed by atoms with Crippen molar-refractivity contribution in [3.05, 3.63) is 30.1 Å². The normalized spacial score (nSPS) is 27.0. The summed E-state index contributed by atoms with van der Waals surface area (Å²) in [6, 6.07) is 7.46. The van der Waals surface area contributed by atoms with Gasteiger partial charge in [0.05, 0.1) is 11.7 Å². The Hall–Kier alpha value is -0.930. The fraction of sp³-hybridized carbons (Fsp3) is 0.722. The van der Waals surface area contributed by atoms with E-state index in [1.807, 2.05) is 12.3 Å². The summed E-state index contributed by atoms with van der Waals surface area (Å²) in [4.78, 5) is 7.33. The van der Waals surface area contributed by atoms with Crippen molar-refractivity contribution in [1.82, 2.24) is 9.88 Å². The molecule has 0 spiro atoms. The molecule has 1 aromatic heterocycles. The van der Waals surface area contributed by atoms with Crippen LogP contribution in [0.1, 0.15) is 63.6 Å². The van der Waals surface area contributed by atoms with Crippen LogP contribution in [0.4, 0.5) is 0 Å². The van der Waals surface area contributed by atoms with Gasteiger partial charge in [-0.05, 0) is 56.7 Å². The molecule has 3 unspecified atom stereocenters. The van der Waals surface area contributed by atoms with E-state index < -0.39 is 0 Å². The van der Waals surface area contributed by atoms with Gasteiger partial charge in [0.15, 0.2) is 0 Å². The highest BCUT2D eigenvalue weighted by Gasteiger charge is 2.39. The van der Waals surface area contributed by atoms with Gasteiger partial charge in [-0.1, -0.05) is 25.8 Å². The second-order valence-corrected chi connectivity index (χ2v) is 6.76. The van der Waals surface area contributed by atoms with E-state index in [4.69, 9.17) is 5.73 Å². The number of hydrogen-bond acceptors (Lipinski definition) is 3. The summed E-state index contributed by atoms with van der Waals surface area (Å²) in [5.74, 6) is 0.891. The van der Waals surface area contributed by atoms with Gasteiger partial charge in [0.25, 0.3) is 0 Å². The predicted octanol–water partition coefficient (Wildman–Crippen LogP) is 3.51. The van der Waals surface area contributed by atoms with Crippen LogP contribution in [0, 0.1) is 5.92 Å². The Morgan fingerprint density at radius 2 is 2.05 bits per heavy atom. The summed E-state index contributed by atoms with van der Waals surface area (Å²) in [5.41, 5.74) is 7.67. The van der Waals surface area contributed by atoms with Crippen molar-refractivity contribution < 1.29 is 0 Å². The lowest BCUT2D eigenvalue weighted by Crippen LogP contribution is -2.45. The van der Waals surface area contributed by atoms with Crippen molar-refractivity contribution in [2.75, 3.05) is 6.54 Å². The molecule has 1 aromatic rings. The van der Waals surface area contributed by atoms with Crippen LogP contribution < -0.4 is 5.73 Å². The van der Waals surface area contributed by atoms with Crippen LogP contribution in [0.3, 0.4) is 0 Å². The Labute approximate surface area is 128 Å². The Bertz CT molecular complexity index is 427. The standard InChI is InChI=1S/C18H29N3/c1-2-15(19)18(16-10-5-6-12-20-16)21-13-7-11-17(21)14-8-3-4-9-14/h5-6,10,12,14-15,17-18H,2-4,7-9,11,13,19H2,1H3. The molecular formula is C18H29N3. The van der Waals surface area contributed by atoms with Gasteiger partial charge in [-0.3, -0.25) is 9.88 Å². The molecule has 116 valence electrons. The van der Waals surface area contributed by atoms with Gasteiger partial charge in [-0.25, -0.2) is 0 Å². The molecule has 2 aliphatic rings. The topological polar surface area (TPSA) is 42.1 Å². The molecule has 21 heavy (non-hydrogen) atoms. The zero-order chi connectivity index (χ0) is 14.7. The molecule has 0 amide bonds. The first kappa shape index (κ1) is 15.0. The minimum Gasteiger partial charge on any atom is -0.326 e. The number of rotatable bonds is 5. The van der Waals surface area contributed by atoms with Gasteiger partial charge in [0.1, 0.15) is 0 Å². The fourth-order valence-electron chi connectivity index (χ4n) is 4.42. The van der Waals surface area contributed by atoms with E-state index in [2.05, 4.69) is 28.9 Å². The summed E-state index contributed by atoms with van der Waals surface area (Å²) in [6.45, 7) is 3.39. The maximum atomic E-state index is 6.51. The molecular weight excluding hydrogens is 258 g/mol. The lowest BCUT2D eigenvalue weighted by molar-refractivity contribution is 0.113. The molecule has 1 saturated carbocycles. The smallest absolute Gasteiger partial charge is 0.0676 e. The Kier molecular flexibility index (Phi) is 4.91. The highest BCUT2D eigenvalue weighted by molar-refractivity contribution is 5.13. The van der Waals surface area contributed by atoms with Crippen molar-refractivity contribution in [1.29, 1.82) is 0 Å². The van der Waals surface area contributed by atoms with Crippen molar-refractivity contribution in [2.45, 2.75) is 70.0 Å². The molecule has 2 fully saturated rings. The van der Waals surface area contributed by atoms with Crippen LogP contribution in [0.5, 0.6) is 0 Å². The van der Waals surface area contributed by atoms with Crippen molar-refractivity contribution in [2.24, 2.45) is 11.7 Å². The molecule has 3 atom stereocenters. The molecule has 2 N–H and O–H groups in total. The molecule has 3 rings (SSSR count). The van der Waals surface area contributed by atoms with Crippen molar-refractivity contribution >= 4 is 0 Å². The highest BCUT2D eigenvalue weighted by atomic mass is 15.2. The molecule has 1 saturated heterocycles. The van der Waals surface area contributed by atoms with Crippen LogP contribution in [0.15, 0.2) is 24.4 Å². The number of hydrogen-bond donors (Lipinski definition) is 1. The molecule has 0 bridgehead atoms. The second-order valence-electron chi connectivity index (χ2n) is 6.76. The van der Waals surface area contributed by atoms with E-state index in [9.17, 15) is 0 Å². The molecule has 3 heteroatoms. The van der Waals surface area contributed by atoms with Crippen LogP contribution in [0.2, 0.25) is 0 Å². The minimum atomic E-state index is 0.182. The molecule has 0 radical (unpaired) electrons. The van der Waals surface area contributed by atoms with Gasteiger partial charge in [-0.2, -0.15) is 0 Å². The summed E-state index contributed by atoms with van der Waals surface area (Å²) in [6.07, 6.45) is 11.3. The van der Waals surface area contributed by atoms with Crippen molar-refractivity contribution in [3.63, 3.8) is 0 Å². The number of likely N-dealkylation sites (tertiary alicyclic amines) is 1. The third kappa shape index (κ3) is 3.14. The maximum Gasteiger partial charge on any atom is 0.0676 e. The number of aromatic nitrogens is 1. The van der Waals surface area contributed by atoms with Crippen LogP contribution in [0.25, 0.3) is 0 Å². The lowest BCUT2D eigenvalue weighted by Gasteiger charge is -2.38. The molecule has 0 aromatic carbocycles. The Morgan fingerprint density at radius 1 is 1.24 bits per heavy atom. The van der Waals surface area contributed by atoms with Gasteiger partial charge < -0.3 is 5.73 Å². The summed E-state index contributed by atoms with van der Waals surface area (Å²) in [5, 5.41) is 0. The predicted molar refractivity (Wildman–Crippen MR) is 86.9 cm³/mol. The number of pyridine rings is 1. The van der Waals surface area contributed by atoms with E-state index in [0.29, 0.717) is 6.04 Å². The first-order valence-electron chi connectivity index (χ1n) is 8.73. The van der Waals surface area contributed by atoms with Crippen LogP contribution in [-0.2, 0) is 0 Å². The van der Waals surface area contributed by atoms with E-state index >= 15 is 0 Å². The Balaban J connectivity index is 1.84. The summed E-state index contributed by atoms with van der Waals surface area (Å²) in [7, 11) is 0. The van der Waals surface area contributed by atoms with Gasteiger partial charge in [-0.15, -0.1) is 0 Å². The van der Waals surface area contributed by atoms with Crippen LogP contribution >= 0.6 is 0 Å². The average Bonchev–Trinajstić information content (AvgIpc) is 3.19. The average molecular weight is 287 g/mol. The zero-order valence-electron chi connectivity index (χ0n) is 13.2. The third-order valence-electron chi connectivity index (χ3n) is 5.51. The van der Waals surface area contributed by atoms with E-state index in [1.54, 1.807) is 0 Å². The summed E-state index contributed by atoms with van der Waals surface area (Å²) < 4.78 is 0. The second kappa shape index (κ2) is 6.89. The van der Waals surface area contributed by atoms with E-state index in [1.165, 1.54) is 45.1 Å². The number of nitrogens with zero attached hydrogens (tertiary/aromatic N) is 2. The quantitative estimate of drug-likeness (QED) is 0.901. The van der Waals surface area contributed by atoms with Gasteiger partial charge in [0.2, 0.25) is 0 Å². The summed E-state index contributed by atoms with van der Waals surface area (Å²) >= 11 is 0. The molecule has 2 heterocycles. The molecule has 3 nitrogen and oxygen atoms in total. The fourth-order valence-corrected chi connectivity index (χ4v) is 4.42. The maximum absolute atomic E-state index is 6.51. The first-order valence-corrected chi connectivity index (χ1v) is 8.73. The molecule has 1 aliphatic heterocycles. The first-order chi connectivity index (χ1) is 10.3. The highest BCUT2D eigenvalue weighted by Crippen LogP contribution is 2.40. The largest absolute Gasteiger partial charge is 0.326 e. The SMILES string of the molecule is CCC(N)C(c1ccccn1)N1CCCC1C1CCCC1. The monoisotopic (exact) mass is 287 g/mol. The van der Waals surface area contributed by atoms with Crippen molar-refractivity contribution in [3.8, 4) is 0 Å². The minimum absolute atomic E-state index is 0.182. The Morgan fingerprint density at radius 3 is 2.71 bits per heavy atom. The zero-order valence-corrected chi connectivity index (χ0v) is 13.2. The van der Waals surface area contributed by atoms with Gasteiger partial charge in [0, 0.05) is 18.3 Å². The lowest BCUT2D eigenvalue weighted by atomic mass is 9.92. The molecule has 1 aliphatic carbocycles. The van der Waals surface area contributed by atoms with Crippen LogP contribution in [-0.4, -0.2) is 28.5 Å².